The lowest BCUT2D eigenvalue weighted by atomic mass is 10.1. The Labute approximate surface area is 144 Å². The van der Waals surface area contributed by atoms with Crippen molar-refractivity contribution < 1.29 is 19.4 Å². The van der Waals surface area contributed by atoms with Gasteiger partial charge in [0.25, 0.3) is 5.91 Å². The summed E-state index contributed by atoms with van der Waals surface area (Å²) in [6.45, 7) is 0.252. The molecule has 0 atom stereocenters. The Morgan fingerprint density at radius 3 is 2.48 bits per heavy atom. The summed E-state index contributed by atoms with van der Waals surface area (Å²) in [4.78, 5) is 24.7. The molecule has 1 fully saturated rings. The van der Waals surface area contributed by atoms with Gasteiger partial charge in [0.15, 0.2) is 0 Å². The minimum Gasteiger partial charge on any atom is -0.480 e. The fraction of sp³-hybridized carbons (Fsp3) is 0.500. The van der Waals surface area contributed by atoms with Crippen LogP contribution in [-0.4, -0.2) is 60.2 Å². The lowest BCUT2D eigenvalue weighted by Crippen LogP contribution is -2.38. The van der Waals surface area contributed by atoms with Crippen molar-refractivity contribution in [3.63, 3.8) is 0 Å². The van der Waals surface area contributed by atoms with Gasteiger partial charge in [0.05, 0.1) is 11.2 Å². The van der Waals surface area contributed by atoms with Crippen LogP contribution in [-0.2, 0) is 9.53 Å². The minimum absolute atomic E-state index is 0.262. The molecule has 1 amide bonds. The second kappa shape index (κ2) is 9.20. The fourth-order valence-corrected chi connectivity index (χ4v) is 5.16. The van der Waals surface area contributed by atoms with Crippen molar-refractivity contribution in [2.75, 3.05) is 38.3 Å². The molecule has 0 bridgehead atoms. The summed E-state index contributed by atoms with van der Waals surface area (Å²) in [7, 11) is 1.53. The maximum absolute atomic E-state index is 12.5. The van der Waals surface area contributed by atoms with Crippen LogP contribution in [0, 0.1) is 0 Å². The zero-order valence-electron chi connectivity index (χ0n) is 13.1. The lowest BCUT2D eigenvalue weighted by molar-refractivity contribution is -0.137. The maximum atomic E-state index is 12.5. The average Bonchev–Trinajstić information content (AvgIpc) is 2.58. The van der Waals surface area contributed by atoms with E-state index < -0.39 is 5.97 Å². The maximum Gasteiger partial charge on any atom is 0.323 e. The van der Waals surface area contributed by atoms with Gasteiger partial charge in [0.2, 0.25) is 0 Å². The number of ether oxygens (including phenoxy) is 1. The molecule has 2 rings (SSSR count). The molecule has 1 heterocycles. The van der Waals surface area contributed by atoms with Crippen molar-refractivity contribution >= 4 is 35.4 Å². The number of aliphatic carboxylic acids is 1. The van der Waals surface area contributed by atoms with Crippen LogP contribution < -0.4 is 0 Å². The normalized spacial score (nSPS) is 15.3. The summed E-state index contributed by atoms with van der Waals surface area (Å²) < 4.78 is 5.37. The molecule has 126 valence electrons. The predicted octanol–water partition coefficient (Wildman–Crippen LogP) is 2.73. The van der Waals surface area contributed by atoms with E-state index in [1.54, 1.807) is 12.1 Å². The van der Waals surface area contributed by atoms with E-state index in [1.807, 2.05) is 35.7 Å². The molecule has 1 saturated heterocycles. The van der Waals surface area contributed by atoms with E-state index in [-0.39, 0.29) is 19.0 Å². The summed E-state index contributed by atoms with van der Waals surface area (Å²) in [6.07, 6.45) is 1.24. The molecule has 23 heavy (non-hydrogen) atoms. The number of carbonyl (C=O) groups is 2. The number of benzene rings is 1. The van der Waals surface area contributed by atoms with Gasteiger partial charge in [0.1, 0.15) is 6.54 Å². The first-order valence-corrected chi connectivity index (χ1v) is 9.54. The van der Waals surface area contributed by atoms with Crippen molar-refractivity contribution in [1.82, 2.24) is 4.90 Å². The molecule has 0 saturated carbocycles. The van der Waals surface area contributed by atoms with Crippen LogP contribution in [0.3, 0.4) is 0 Å². The second-order valence-corrected chi connectivity index (χ2v) is 7.89. The zero-order chi connectivity index (χ0) is 16.7. The topological polar surface area (TPSA) is 66.8 Å². The third kappa shape index (κ3) is 5.44. The highest BCUT2D eigenvalue weighted by Crippen LogP contribution is 2.43. The third-order valence-electron chi connectivity index (χ3n) is 3.44. The van der Waals surface area contributed by atoms with Crippen molar-refractivity contribution in [3.05, 3.63) is 35.4 Å². The number of amides is 1. The molecular weight excluding hydrogens is 334 g/mol. The fourth-order valence-electron chi connectivity index (χ4n) is 2.26. The highest BCUT2D eigenvalue weighted by molar-refractivity contribution is 8.16. The zero-order valence-corrected chi connectivity index (χ0v) is 14.7. The van der Waals surface area contributed by atoms with Gasteiger partial charge in [-0.1, -0.05) is 12.1 Å². The summed E-state index contributed by atoms with van der Waals surface area (Å²) in [5.74, 6) is 1.03. The molecule has 1 aromatic rings. The van der Waals surface area contributed by atoms with Crippen LogP contribution in [0.5, 0.6) is 0 Å². The Morgan fingerprint density at radius 2 is 1.91 bits per heavy atom. The van der Waals surface area contributed by atoms with Gasteiger partial charge in [-0.25, -0.2) is 0 Å². The number of nitrogens with zero attached hydrogens (tertiary/aromatic N) is 1. The molecular formula is C16H21NO4S2. The standard InChI is InChI=1S/C16H21NO4S2/c1-21-8-7-17(11-14(18)19)15(20)12-3-5-13(6-4-12)16-22-9-2-10-23-16/h3-6,16H,2,7-11H2,1H3,(H,18,19). The first-order chi connectivity index (χ1) is 11.1. The average molecular weight is 355 g/mol. The molecule has 0 spiro atoms. The van der Waals surface area contributed by atoms with Crippen molar-refractivity contribution in [2.45, 2.75) is 11.0 Å². The SMILES string of the molecule is COCCN(CC(=O)O)C(=O)c1ccc(C2SCCCS2)cc1. The molecule has 0 aromatic heterocycles. The van der Waals surface area contributed by atoms with Crippen molar-refractivity contribution in [3.8, 4) is 0 Å². The van der Waals surface area contributed by atoms with Crippen LogP contribution >= 0.6 is 23.5 Å². The van der Waals surface area contributed by atoms with E-state index in [2.05, 4.69) is 0 Å². The number of carboxylic acid groups (broad SMARTS) is 1. The second-order valence-electron chi connectivity index (χ2n) is 5.16. The van der Waals surface area contributed by atoms with E-state index in [4.69, 9.17) is 9.84 Å². The van der Waals surface area contributed by atoms with E-state index in [9.17, 15) is 9.59 Å². The number of rotatable bonds is 7. The quantitative estimate of drug-likeness (QED) is 0.811. The number of hydrogen-bond acceptors (Lipinski definition) is 5. The van der Waals surface area contributed by atoms with Gasteiger partial charge in [-0.05, 0) is 35.6 Å². The first-order valence-electron chi connectivity index (χ1n) is 7.45. The smallest absolute Gasteiger partial charge is 0.323 e. The summed E-state index contributed by atoms with van der Waals surface area (Å²) in [5, 5.41) is 8.95. The Hall–Kier alpha value is -1.18. The van der Waals surface area contributed by atoms with E-state index >= 15 is 0 Å². The number of hydrogen-bond donors (Lipinski definition) is 1. The van der Waals surface area contributed by atoms with Gasteiger partial charge < -0.3 is 14.7 Å². The third-order valence-corrected chi connectivity index (χ3v) is 6.45. The van der Waals surface area contributed by atoms with E-state index in [1.165, 1.54) is 35.5 Å². The minimum atomic E-state index is -1.03. The van der Waals surface area contributed by atoms with Crippen LogP contribution in [0.15, 0.2) is 24.3 Å². The van der Waals surface area contributed by atoms with E-state index in [0.29, 0.717) is 16.8 Å². The van der Waals surface area contributed by atoms with Gasteiger partial charge in [-0.15, -0.1) is 23.5 Å². The number of carbonyl (C=O) groups excluding carboxylic acids is 1. The number of carboxylic acids is 1. The highest BCUT2D eigenvalue weighted by atomic mass is 32.2. The number of methoxy groups -OCH3 is 1. The molecule has 1 N–H and O–H groups in total. The van der Waals surface area contributed by atoms with Crippen LogP contribution in [0.25, 0.3) is 0 Å². The van der Waals surface area contributed by atoms with Crippen LogP contribution in [0.2, 0.25) is 0 Å². The van der Waals surface area contributed by atoms with E-state index in [0.717, 1.165) is 0 Å². The molecule has 0 aliphatic carbocycles. The summed E-state index contributed by atoms with van der Waals surface area (Å²) in [5.41, 5.74) is 1.72. The molecule has 1 aliphatic rings. The van der Waals surface area contributed by atoms with Gasteiger partial charge >= 0.3 is 5.97 Å². The lowest BCUT2D eigenvalue weighted by Gasteiger charge is -2.22. The Balaban J connectivity index is 2.05. The Bertz CT molecular complexity index is 529. The Kier molecular flexibility index (Phi) is 7.26. The van der Waals surface area contributed by atoms with Crippen molar-refractivity contribution in [2.24, 2.45) is 0 Å². The van der Waals surface area contributed by atoms with Gasteiger partial charge in [0, 0.05) is 19.2 Å². The monoisotopic (exact) mass is 355 g/mol. The van der Waals surface area contributed by atoms with Crippen LogP contribution in [0.4, 0.5) is 0 Å². The molecule has 1 aromatic carbocycles. The summed E-state index contributed by atoms with van der Waals surface area (Å²) in [6, 6.07) is 7.51. The number of thioether (sulfide) groups is 2. The predicted molar refractivity (Wildman–Crippen MR) is 94.1 cm³/mol. The van der Waals surface area contributed by atoms with Gasteiger partial charge in [-0.3, -0.25) is 9.59 Å². The molecule has 1 aliphatic heterocycles. The molecule has 0 unspecified atom stereocenters. The molecule has 7 heteroatoms. The van der Waals surface area contributed by atoms with Crippen molar-refractivity contribution in [1.29, 1.82) is 0 Å². The molecule has 0 radical (unpaired) electrons. The van der Waals surface area contributed by atoms with Crippen LogP contribution in [0.1, 0.15) is 26.9 Å². The highest BCUT2D eigenvalue weighted by Gasteiger charge is 2.20. The molecule has 5 nitrogen and oxygen atoms in total. The van der Waals surface area contributed by atoms with Gasteiger partial charge in [-0.2, -0.15) is 0 Å². The largest absolute Gasteiger partial charge is 0.480 e. The summed E-state index contributed by atoms with van der Waals surface area (Å²) >= 11 is 3.86. The first kappa shape index (κ1) is 18.2. The Morgan fingerprint density at radius 1 is 1.26 bits per heavy atom.